The van der Waals surface area contributed by atoms with Crippen LogP contribution in [0.5, 0.6) is 5.75 Å². The molecular weight excluding hydrogens is 432 g/mol. The lowest BCUT2D eigenvalue weighted by Crippen LogP contribution is -2.36. The van der Waals surface area contributed by atoms with Gasteiger partial charge < -0.3 is 10.1 Å². The number of carbonyl (C=O) groups excluding carboxylic acids is 1. The van der Waals surface area contributed by atoms with E-state index >= 15 is 0 Å². The van der Waals surface area contributed by atoms with Crippen molar-refractivity contribution in [1.82, 2.24) is 10.0 Å². The van der Waals surface area contributed by atoms with Gasteiger partial charge in [-0.3, -0.25) is 4.79 Å². The summed E-state index contributed by atoms with van der Waals surface area (Å²) in [6.45, 7) is 1.78. The first kappa shape index (κ1) is 23.6. The number of benzene rings is 2. The van der Waals surface area contributed by atoms with Gasteiger partial charge in [0.15, 0.2) is 6.61 Å². The number of thioether (sulfide) groups is 1. The highest BCUT2D eigenvalue weighted by atomic mass is 32.2. The second kappa shape index (κ2) is 11.0. The molecule has 2 aromatic rings. The van der Waals surface area contributed by atoms with Crippen molar-refractivity contribution < 1.29 is 17.9 Å². The monoisotopic (exact) mass is 462 g/mol. The molecule has 2 N–H and O–H groups in total. The third kappa shape index (κ3) is 6.98. The maximum absolute atomic E-state index is 12.6. The highest BCUT2D eigenvalue weighted by Gasteiger charge is 2.21. The normalized spacial score (nSPS) is 15.9. The molecule has 0 aliphatic heterocycles. The first-order valence-electron chi connectivity index (χ1n) is 10.6. The second-order valence-electron chi connectivity index (χ2n) is 7.78. The molecule has 1 aliphatic carbocycles. The van der Waals surface area contributed by atoms with Gasteiger partial charge in [0.05, 0.1) is 10.9 Å². The first-order chi connectivity index (χ1) is 14.9. The Balaban J connectivity index is 1.49. The summed E-state index contributed by atoms with van der Waals surface area (Å²) in [6.07, 6.45) is 7.08. The third-order valence-corrected chi connectivity index (χ3v) is 7.70. The fourth-order valence-electron chi connectivity index (χ4n) is 3.63. The number of sulfonamides is 1. The van der Waals surface area contributed by atoms with Crippen LogP contribution in [0.3, 0.4) is 0 Å². The zero-order chi connectivity index (χ0) is 22.3. The molecule has 168 valence electrons. The minimum absolute atomic E-state index is 0.0114. The summed E-state index contributed by atoms with van der Waals surface area (Å²) >= 11 is 1.67. The van der Waals surface area contributed by atoms with Gasteiger partial charge in [0.1, 0.15) is 5.75 Å². The highest BCUT2D eigenvalue weighted by Crippen LogP contribution is 2.22. The van der Waals surface area contributed by atoms with Gasteiger partial charge in [-0.05, 0) is 68.0 Å². The number of amides is 1. The number of hydrogen-bond donors (Lipinski definition) is 2. The molecule has 0 spiro atoms. The van der Waals surface area contributed by atoms with Crippen LogP contribution >= 0.6 is 11.8 Å². The zero-order valence-electron chi connectivity index (χ0n) is 18.0. The van der Waals surface area contributed by atoms with Gasteiger partial charge in [-0.2, -0.15) is 0 Å². The standard InChI is InChI=1S/C23H30N2O4S2/c1-17(18-8-12-21(30-2)13-9-18)24-23(26)16-29-20-10-14-22(15-11-20)31(27,28)25-19-6-4-3-5-7-19/h8-15,17,19,25H,3-7,16H2,1-2H3,(H,24,26). The van der Waals surface area contributed by atoms with Gasteiger partial charge >= 0.3 is 0 Å². The zero-order valence-corrected chi connectivity index (χ0v) is 19.6. The number of hydrogen-bond acceptors (Lipinski definition) is 5. The molecule has 6 nitrogen and oxygen atoms in total. The maximum Gasteiger partial charge on any atom is 0.258 e. The van der Waals surface area contributed by atoms with Gasteiger partial charge in [-0.25, -0.2) is 13.1 Å². The summed E-state index contributed by atoms with van der Waals surface area (Å²) in [6, 6.07) is 14.1. The number of rotatable bonds is 9. The van der Waals surface area contributed by atoms with E-state index in [-0.39, 0.29) is 29.5 Å². The van der Waals surface area contributed by atoms with E-state index in [2.05, 4.69) is 10.0 Å². The molecule has 1 atom stereocenters. The molecule has 2 aromatic carbocycles. The van der Waals surface area contributed by atoms with Crippen LogP contribution in [0.2, 0.25) is 0 Å². The van der Waals surface area contributed by atoms with Crippen molar-refractivity contribution >= 4 is 27.7 Å². The molecule has 1 aliphatic rings. The molecule has 0 aromatic heterocycles. The molecule has 1 fully saturated rings. The lowest BCUT2D eigenvalue weighted by Gasteiger charge is -2.22. The first-order valence-corrected chi connectivity index (χ1v) is 13.3. The van der Waals surface area contributed by atoms with Gasteiger partial charge in [-0.1, -0.05) is 31.4 Å². The minimum atomic E-state index is -3.55. The molecule has 8 heteroatoms. The molecule has 0 radical (unpaired) electrons. The van der Waals surface area contributed by atoms with Crippen LogP contribution in [0.1, 0.15) is 50.6 Å². The SMILES string of the molecule is CSc1ccc(C(C)NC(=O)COc2ccc(S(=O)(=O)NC3CCCCC3)cc2)cc1. The smallest absolute Gasteiger partial charge is 0.258 e. The van der Waals surface area contributed by atoms with Crippen LogP contribution in [-0.4, -0.2) is 33.2 Å². The lowest BCUT2D eigenvalue weighted by molar-refractivity contribution is -0.123. The van der Waals surface area contributed by atoms with Crippen LogP contribution in [0.4, 0.5) is 0 Å². The summed E-state index contributed by atoms with van der Waals surface area (Å²) < 4.78 is 33.4. The van der Waals surface area contributed by atoms with Crippen molar-refractivity contribution in [1.29, 1.82) is 0 Å². The Kier molecular flexibility index (Phi) is 8.40. The van der Waals surface area contributed by atoms with E-state index in [0.29, 0.717) is 5.75 Å². The molecule has 1 saturated carbocycles. The van der Waals surface area contributed by atoms with Crippen molar-refractivity contribution in [3.63, 3.8) is 0 Å². The van der Waals surface area contributed by atoms with E-state index in [0.717, 1.165) is 31.2 Å². The van der Waals surface area contributed by atoms with E-state index in [9.17, 15) is 13.2 Å². The predicted octanol–water partition coefficient (Wildman–Crippen LogP) is 4.28. The average molecular weight is 463 g/mol. The molecular formula is C23H30N2O4S2. The van der Waals surface area contributed by atoms with E-state index in [1.807, 2.05) is 37.4 Å². The Labute approximate surface area is 189 Å². The Morgan fingerprint density at radius 2 is 1.71 bits per heavy atom. The Hall–Kier alpha value is -2.03. The molecule has 3 rings (SSSR count). The summed E-state index contributed by atoms with van der Waals surface area (Å²) in [5, 5.41) is 2.91. The van der Waals surface area contributed by atoms with Crippen LogP contribution in [-0.2, 0) is 14.8 Å². The number of carbonyl (C=O) groups is 1. The predicted molar refractivity (Wildman–Crippen MR) is 124 cm³/mol. The third-order valence-electron chi connectivity index (χ3n) is 5.42. The average Bonchev–Trinajstić information content (AvgIpc) is 2.78. The Morgan fingerprint density at radius 3 is 2.32 bits per heavy atom. The molecule has 1 amide bonds. The van der Waals surface area contributed by atoms with Gasteiger partial charge in [-0.15, -0.1) is 11.8 Å². The summed E-state index contributed by atoms with van der Waals surface area (Å²) in [4.78, 5) is 13.6. The number of nitrogens with one attached hydrogen (secondary N) is 2. The quantitative estimate of drug-likeness (QED) is 0.544. The number of ether oxygens (including phenoxy) is 1. The molecule has 31 heavy (non-hydrogen) atoms. The topological polar surface area (TPSA) is 84.5 Å². The largest absolute Gasteiger partial charge is 0.484 e. The van der Waals surface area contributed by atoms with Crippen LogP contribution < -0.4 is 14.8 Å². The fraction of sp³-hybridized carbons (Fsp3) is 0.435. The van der Waals surface area contributed by atoms with Crippen LogP contribution in [0.15, 0.2) is 58.3 Å². The van der Waals surface area contributed by atoms with Crippen molar-refractivity contribution in [2.75, 3.05) is 12.9 Å². The van der Waals surface area contributed by atoms with E-state index in [1.54, 1.807) is 23.9 Å². The maximum atomic E-state index is 12.6. The Morgan fingerprint density at radius 1 is 1.06 bits per heavy atom. The van der Waals surface area contributed by atoms with E-state index in [1.165, 1.54) is 23.4 Å². The molecule has 0 bridgehead atoms. The minimum Gasteiger partial charge on any atom is -0.484 e. The van der Waals surface area contributed by atoms with Crippen molar-refractivity contribution in [2.45, 2.75) is 60.9 Å². The molecule has 0 saturated heterocycles. The van der Waals surface area contributed by atoms with Crippen LogP contribution in [0, 0.1) is 0 Å². The van der Waals surface area contributed by atoms with Gasteiger partial charge in [0.2, 0.25) is 10.0 Å². The van der Waals surface area contributed by atoms with Crippen LogP contribution in [0.25, 0.3) is 0 Å². The van der Waals surface area contributed by atoms with Gasteiger partial charge in [0, 0.05) is 10.9 Å². The summed E-state index contributed by atoms with van der Waals surface area (Å²) in [7, 11) is -3.55. The second-order valence-corrected chi connectivity index (χ2v) is 10.4. The molecule has 1 unspecified atom stereocenters. The lowest BCUT2D eigenvalue weighted by atomic mass is 9.96. The highest BCUT2D eigenvalue weighted by molar-refractivity contribution is 7.98. The van der Waals surface area contributed by atoms with E-state index in [4.69, 9.17) is 4.74 Å². The Bertz CT molecular complexity index is 954. The fourth-order valence-corrected chi connectivity index (χ4v) is 5.34. The van der Waals surface area contributed by atoms with E-state index < -0.39 is 10.0 Å². The van der Waals surface area contributed by atoms with Crippen molar-refractivity contribution in [3.8, 4) is 5.75 Å². The van der Waals surface area contributed by atoms with Gasteiger partial charge in [0.25, 0.3) is 5.91 Å². The summed E-state index contributed by atoms with van der Waals surface area (Å²) in [5.41, 5.74) is 1.02. The summed E-state index contributed by atoms with van der Waals surface area (Å²) in [5.74, 6) is 0.209. The van der Waals surface area contributed by atoms with Crippen molar-refractivity contribution in [3.05, 3.63) is 54.1 Å². The van der Waals surface area contributed by atoms with Crippen molar-refractivity contribution in [2.24, 2.45) is 0 Å². The molecule has 0 heterocycles.